The first-order valence-corrected chi connectivity index (χ1v) is 7.84. The predicted molar refractivity (Wildman–Crippen MR) is 87.9 cm³/mol. The van der Waals surface area contributed by atoms with Crippen molar-refractivity contribution in [3.8, 4) is 5.75 Å². The molecule has 0 aromatic heterocycles. The first-order chi connectivity index (χ1) is 9.95. The number of phenols is 1. The number of nitrogens with zero attached hydrogens (tertiary/aromatic N) is 3. The summed E-state index contributed by atoms with van der Waals surface area (Å²) < 4.78 is 0. The van der Waals surface area contributed by atoms with E-state index in [1.165, 1.54) is 5.56 Å². The molecular formula is C17H29N3O. The number of rotatable bonds is 2. The van der Waals surface area contributed by atoms with Gasteiger partial charge in [-0.05, 0) is 33.5 Å². The van der Waals surface area contributed by atoms with Gasteiger partial charge in [0.25, 0.3) is 0 Å². The first-order valence-electron chi connectivity index (χ1n) is 7.84. The van der Waals surface area contributed by atoms with Crippen LogP contribution in [0.25, 0.3) is 0 Å². The van der Waals surface area contributed by atoms with Gasteiger partial charge in [-0.3, -0.25) is 4.90 Å². The van der Waals surface area contributed by atoms with E-state index in [1.54, 1.807) is 0 Å². The van der Waals surface area contributed by atoms with Crippen molar-refractivity contribution in [3.05, 3.63) is 28.8 Å². The number of hydrogen-bond acceptors (Lipinski definition) is 4. The molecule has 1 saturated heterocycles. The molecule has 0 atom stereocenters. The summed E-state index contributed by atoms with van der Waals surface area (Å²) in [6.07, 6.45) is 0. The fourth-order valence-corrected chi connectivity index (χ4v) is 2.87. The Kier molecular flexibility index (Phi) is 5.62. The van der Waals surface area contributed by atoms with Crippen molar-refractivity contribution >= 4 is 0 Å². The van der Waals surface area contributed by atoms with Crippen molar-refractivity contribution in [3.63, 3.8) is 0 Å². The van der Waals surface area contributed by atoms with Crippen LogP contribution in [-0.2, 0) is 6.54 Å². The molecule has 1 aliphatic rings. The lowest BCUT2D eigenvalue weighted by Gasteiger charge is -2.25. The minimum absolute atomic E-state index is 0.460. The maximum Gasteiger partial charge on any atom is 0.122 e. The quantitative estimate of drug-likeness (QED) is 0.898. The van der Waals surface area contributed by atoms with E-state index in [1.807, 2.05) is 13.0 Å². The zero-order valence-electron chi connectivity index (χ0n) is 13.9. The Hall–Kier alpha value is -1.10. The molecule has 1 aromatic carbocycles. The molecule has 4 heteroatoms. The van der Waals surface area contributed by atoms with Crippen molar-refractivity contribution in [1.82, 2.24) is 14.7 Å². The van der Waals surface area contributed by atoms with E-state index in [4.69, 9.17) is 0 Å². The molecule has 0 bridgehead atoms. The summed E-state index contributed by atoms with van der Waals surface area (Å²) in [5.41, 5.74) is 3.25. The molecule has 1 heterocycles. The zero-order chi connectivity index (χ0) is 15.4. The summed E-state index contributed by atoms with van der Waals surface area (Å²) in [5, 5.41) is 10.3. The summed E-state index contributed by atoms with van der Waals surface area (Å²) in [5.74, 6) is 0.460. The van der Waals surface area contributed by atoms with Crippen LogP contribution in [0, 0.1) is 13.8 Å². The SMILES string of the molecule is Cc1cc(C)c(O)c(CN2CCN(C)CCN(C)CC2)c1. The van der Waals surface area contributed by atoms with Gasteiger partial charge in [0.1, 0.15) is 5.75 Å². The molecule has 1 aliphatic heterocycles. The van der Waals surface area contributed by atoms with Gasteiger partial charge in [-0.2, -0.15) is 0 Å². The average Bonchev–Trinajstić information content (AvgIpc) is 2.50. The lowest BCUT2D eigenvalue weighted by molar-refractivity contribution is 0.225. The fourth-order valence-electron chi connectivity index (χ4n) is 2.87. The van der Waals surface area contributed by atoms with E-state index in [0.717, 1.165) is 56.9 Å². The third kappa shape index (κ3) is 4.70. The summed E-state index contributed by atoms with van der Waals surface area (Å²) >= 11 is 0. The van der Waals surface area contributed by atoms with Crippen molar-refractivity contribution in [2.75, 3.05) is 53.4 Å². The Morgan fingerprint density at radius 3 is 2.00 bits per heavy atom. The van der Waals surface area contributed by atoms with Crippen molar-refractivity contribution in [2.45, 2.75) is 20.4 Å². The van der Waals surface area contributed by atoms with Gasteiger partial charge in [0.2, 0.25) is 0 Å². The highest BCUT2D eigenvalue weighted by Gasteiger charge is 2.15. The number of phenolic OH excluding ortho intramolecular Hbond substituents is 1. The van der Waals surface area contributed by atoms with Crippen LogP contribution in [0.4, 0.5) is 0 Å². The van der Waals surface area contributed by atoms with E-state index in [9.17, 15) is 5.11 Å². The topological polar surface area (TPSA) is 30.0 Å². The molecule has 1 fully saturated rings. The lowest BCUT2D eigenvalue weighted by Crippen LogP contribution is -2.34. The summed E-state index contributed by atoms with van der Waals surface area (Å²) in [6.45, 7) is 11.4. The second-order valence-electron chi connectivity index (χ2n) is 6.47. The lowest BCUT2D eigenvalue weighted by atomic mass is 10.1. The van der Waals surface area contributed by atoms with Gasteiger partial charge in [-0.25, -0.2) is 0 Å². The Morgan fingerprint density at radius 2 is 1.43 bits per heavy atom. The smallest absolute Gasteiger partial charge is 0.122 e. The van der Waals surface area contributed by atoms with E-state index in [-0.39, 0.29) is 0 Å². The number of benzene rings is 1. The number of aromatic hydroxyl groups is 1. The highest BCUT2D eigenvalue weighted by molar-refractivity contribution is 5.42. The van der Waals surface area contributed by atoms with E-state index in [0.29, 0.717) is 5.75 Å². The molecule has 0 saturated carbocycles. The second kappa shape index (κ2) is 7.25. The summed E-state index contributed by atoms with van der Waals surface area (Å²) in [7, 11) is 4.37. The summed E-state index contributed by atoms with van der Waals surface area (Å²) in [4.78, 5) is 7.22. The minimum atomic E-state index is 0.460. The molecule has 0 spiro atoms. The molecule has 1 aromatic rings. The van der Waals surface area contributed by atoms with Crippen LogP contribution in [0.2, 0.25) is 0 Å². The van der Waals surface area contributed by atoms with Crippen molar-refractivity contribution in [1.29, 1.82) is 0 Å². The van der Waals surface area contributed by atoms with Crippen LogP contribution in [0.3, 0.4) is 0 Å². The Morgan fingerprint density at radius 1 is 0.905 bits per heavy atom. The van der Waals surface area contributed by atoms with Crippen molar-refractivity contribution in [2.24, 2.45) is 0 Å². The van der Waals surface area contributed by atoms with Gasteiger partial charge in [0.15, 0.2) is 0 Å². The van der Waals surface area contributed by atoms with Crippen LogP contribution < -0.4 is 0 Å². The maximum absolute atomic E-state index is 10.3. The monoisotopic (exact) mass is 291 g/mol. The van der Waals surface area contributed by atoms with Crippen LogP contribution in [0.15, 0.2) is 12.1 Å². The van der Waals surface area contributed by atoms with E-state index >= 15 is 0 Å². The fraction of sp³-hybridized carbons (Fsp3) is 0.647. The van der Waals surface area contributed by atoms with Crippen LogP contribution in [0.5, 0.6) is 5.75 Å². The average molecular weight is 291 g/mol. The molecule has 0 unspecified atom stereocenters. The predicted octanol–water partition coefficient (Wildman–Crippen LogP) is 1.69. The van der Waals surface area contributed by atoms with Gasteiger partial charge in [-0.1, -0.05) is 17.7 Å². The highest BCUT2D eigenvalue weighted by Crippen LogP contribution is 2.25. The van der Waals surface area contributed by atoms with E-state index in [2.05, 4.69) is 41.8 Å². The molecule has 2 rings (SSSR count). The van der Waals surface area contributed by atoms with Gasteiger partial charge in [0, 0.05) is 51.4 Å². The highest BCUT2D eigenvalue weighted by atomic mass is 16.3. The standard InChI is InChI=1S/C17H29N3O/c1-14-11-15(2)17(21)16(12-14)13-20-9-7-18(3)5-6-19(4)8-10-20/h11-12,21H,5-10,13H2,1-4H3. The Labute approximate surface area is 129 Å². The van der Waals surface area contributed by atoms with Gasteiger partial charge >= 0.3 is 0 Å². The minimum Gasteiger partial charge on any atom is -0.507 e. The first kappa shape index (κ1) is 16.3. The molecule has 1 N–H and O–H groups in total. The molecular weight excluding hydrogens is 262 g/mol. The largest absolute Gasteiger partial charge is 0.507 e. The maximum atomic E-state index is 10.3. The molecule has 21 heavy (non-hydrogen) atoms. The number of aryl methyl sites for hydroxylation is 2. The molecule has 0 radical (unpaired) electrons. The van der Waals surface area contributed by atoms with Crippen LogP contribution >= 0.6 is 0 Å². The third-order valence-electron chi connectivity index (χ3n) is 4.38. The van der Waals surface area contributed by atoms with Crippen LogP contribution in [0.1, 0.15) is 16.7 Å². The molecule has 118 valence electrons. The summed E-state index contributed by atoms with van der Waals surface area (Å²) in [6, 6.07) is 4.15. The Bertz CT molecular complexity index is 461. The van der Waals surface area contributed by atoms with Gasteiger partial charge in [-0.15, -0.1) is 0 Å². The number of hydrogen-bond donors (Lipinski definition) is 1. The van der Waals surface area contributed by atoms with Crippen molar-refractivity contribution < 1.29 is 5.11 Å². The molecule has 4 nitrogen and oxygen atoms in total. The second-order valence-corrected chi connectivity index (χ2v) is 6.47. The molecule has 0 amide bonds. The normalized spacial score (nSPS) is 20.0. The Balaban J connectivity index is 2.09. The van der Waals surface area contributed by atoms with Gasteiger partial charge < -0.3 is 14.9 Å². The van der Waals surface area contributed by atoms with Gasteiger partial charge in [0.05, 0.1) is 0 Å². The molecule has 0 aliphatic carbocycles. The van der Waals surface area contributed by atoms with Crippen LogP contribution in [-0.4, -0.2) is 73.2 Å². The third-order valence-corrected chi connectivity index (χ3v) is 4.38. The van der Waals surface area contributed by atoms with E-state index < -0.39 is 0 Å². The zero-order valence-corrected chi connectivity index (χ0v) is 13.9. The number of likely N-dealkylation sites (N-methyl/N-ethyl adjacent to an activating group) is 2.